The van der Waals surface area contributed by atoms with Gasteiger partial charge >= 0.3 is 6.03 Å². The molecule has 5 heteroatoms. The Morgan fingerprint density at radius 1 is 1.22 bits per heavy atom. The smallest absolute Gasteiger partial charge is 0.321 e. The highest BCUT2D eigenvalue weighted by Gasteiger charge is 2.23. The molecule has 1 fully saturated rings. The summed E-state index contributed by atoms with van der Waals surface area (Å²) >= 11 is 1.53. The Bertz CT molecular complexity index is 548. The largest absolute Gasteiger partial charge is 0.335 e. The van der Waals surface area contributed by atoms with Crippen molar-refractivity contribution in [1.82, 2.24) is 10.6 Å². The molecule has 0 aromatic heterocycles. The third kappa shape index (κ3) is 5.90. The number of carbonyl (C=O) groups is 2. The van der Waals surface area contributed by atoms with E-state index in [1.807, 2.05) is 12.1 Å². The highest BCUT2D eigenvalue weighted by atomic mass is 32.2. The van der Waals surface area contributed by atoms with Gasteiger partial charge in [-0.05, 0) is 36.8 Å². The Kier molecular flexibility index (Phi) is 6.96. The molecule has 2 rings (SSSR count). The van der Waals surface area contributed by atoms with E-state index in [0.717, 1.165) is 25.0 Å². The van der Waals surface area contributed by atoms with Gasteiger partial charge in [0, 0.05) is 11.8 Å². The van der Waals surface area contributed by atoms with Crippen LogP contribution in [0.4, 0.5) is 4.79 Å². The van der Waals surface area contributed by atoms with Crippen molar-refractivity contribution in [3.63, 3.8) is 0 Å². The lowest BCUT2D eigenvalue weighted by Gasteiger charge is -2.29. The third-order valence-electron chi connectivity index (χ3n) is 4.43. The predicted octanol–water partition coefficient (Wildman–Crippen LogP) is 3.63. The number of carbonyl (C=O) groups excluding carboxylic acids is 2. The van der Waals surface area contributed by atoms with E-state index in [1.165, 1.54) is 29.3 Å². The second kappa shape index (κ2) is 8.96. The van der Waals surface area contributed by atoms with Gasteiger partial charge in [0.05, 0.1) is 5.75 Å². The summed E-state index contributed by atoms with van der Waals surface area (Å²) in [5, 5.41) is 5.38. The van der Waals surface area contributed by atoms with Crippen LogP contribution < -0.4 is 10.6 Å². The van der Waals surface area contributed by atoms with Gasteiger partial charge < -0.3 is 5.32 Å². The summed E-state index contributed by atoms with van der Waals surface area (Å²) in [5.74, 6) is 1.33. The number of imide groups is 1. The molecule has 0 heterocycles. The zero-order valence-electron chi connectivity index (χ0n) is 13.9. The molecule has 0 radical (unpaired) electrons. The molecule has 126 valence electrons. The van der Waals surface area contributed by atoms with Crippen molar-refractivity contribution in [2.75, 3.05) is 5.75 Å². The number of nitrogens with one attached hydrogen (secondary N) is 2. The summed E-state index contributed by atoms with van der Waals surface area (Å²) in [6.07, 6.45) is 4.53. The molecule has 0 bridgehead atoms. The molecular formula is C18H26N2O2S. The second-order valence-electron chi connectivity index (χ2n) is 6.31. The predicted molar refractivity (Wildman–Crippen MR) is 95.4 cm³/mol. The molecule has 0 aliphatic heterocycles. The van der Waals surface area contributed by atoms with Crippen molar-refractivity contribution in [3.05, 3.63) is 35.4 Å². The monoisotopic (exact) mass is 334 g/mol. The Morgan fingerprint density at radius 2 is 1.96 bits per heavy atom. The van der Waals surface area contributed by atoms with Crippen molar-refractivity contribution in [3.8, 4) is 0 Å². The van der Waals surface area contributed by atoms with Crippen molar-refractivity contribution < 1.29 is 9.59 Å². The second-order valence-corrected chi connectivity index (χ2v) is 7.29. The first-order valence-electron chi connectivity index (χ1n) is 8.29. The van der Waals surface area contributed by atoms with Gasteiger partial charge in [0.1, 0.15) is 0 Å². The summed E-state index contributed by atoms with van der Waals surface area (Å²) < 4.78 is 0. The van der Waals surface area contributed by atoms with E-state index >= 15 is 0 Å². The minimum atomic E-state index is -0.356. The first-order chi connectivity index (χ1) is 11.1. The highest BCUT2D eigenvalue weighted by Crippen LogP contribution is 2.23. The van der Waals surface area contributed by atoms with Crippen molar-refractivity contribution in [1.29, 1.82) is 0 Å². The van der Waals surface area contributed by atoms with E-state index in [4.69, 9.17) is 0 Å². The zero-order valence-corrected chi connectivity index (χ0v) is 14.7. The molecule has 0 spiro atoms. The number of hydrogen-bond acceptors (Lipinski definition) is 3. The van der Waals surface area contributed by atoms with Gasteiger partial charge in [0.25, 0.3) is 0 Å². The van der Waals surface area contributed by atoms with E-state index < -0.39 is 0 Å². The average Bonchev–Trinajstić information content (AvgIpc) is 2.51. The topological polar surface area (TPSA) is 58.2 Å². The minimum Gasteiger partial charge on any atom is -0.335 e. The van der Waals surface area contributed by atoms with Crippen molar-refractivity contribution >= 4 is 23.7 Å². The SMILES string of the molecule is Cc1ccccc1CSCC(=O)NC(=O)NC1CCCCC1C. The van der Waals surface area contributed by atoms with Crippen LogP contribution in [0.15, 0.2) is 24.3 Å². The van der Waals surface area contributed by atoms with Gasteiger partial charge in [-0.3, -0.25) is 10.1 Å². The lowest BCUT2D eigenvalue weighted by atomic mass is 9.86. The minimum absolute atomic E-state index is 0.191. The maximum Gasteiger partial charge on any atom is 0.321 e. The number of hydrogen-bond donors (Lipinski definition) is 2. The molecule has 4 nitrogen and oxygen atoms in total. The Balaban J connectivity index is 1.68. The fourth-order valence-corrected chi connectivity index (χ4v) is 3.83. The van der Waals surface area contributed by atoms with Crippen molar-refractivity contribution in [2.45, 2.75) is 51.3 Å². The van der Waals surface area contributed by atoms with E-state index in [0.29, 0.717) is 11.7 Å². The molecule has 2 atom stereocenters. The van der Waals surface area contributed by atoms with Gasteiger partial charge in [-0.1, -0.05) is 44.0 Å². The number of thioether (sulfide) groups is 1. The molecule has 1 aromatic carbocycles. The molecule has 1 aliphatic rings. The number of rotatable bonds is 5. The van der Waals surface area contributed by atoms with Crippen LogP contribution in [0.1, 0.15) is 43.7 Å². The van der Waals surface area contributed by atoms with Gasteiger partial charge in [-0.25, -0.2) is 4.79 Å². The summed E-state index contributed by atoms with van der Waals surface area (Å²) in [6, 6.07) is 7.97. The fraction of sp³-hybridized carbons (Fsp3) is 0.556. The lowest BCUT2D eigenvalue weighted by Crippen LogP contribution is -2.48. The first kappa shape index (κ1) is 17.9. The van der Waals surface area contributed by atoms with Gasteiger partial charge in [0.15, 0.2) is 0 Å². The molecular weight excluding hydrogens is 308 g/mol. The number of benzene rings is 1. The molecule has 23 heavy (non-hydrogen) atoms. The van der Waals surface area contributed by atoms with Gasteiger partial charge in [-0.15, -0.1) is 11.8 Å². The highest BCUT2D eigenvalue weighted by molar-refractivity contribution is 7.99. The van der Waals surface area contributed by atoms with Crippen molar-refractivity contribution in [2.24, 2.45) is 5.92 Å². The third-order valence-corrected chi connectivity index (χ3v) is 5.41. The van der Waals surface area contributed by atoms with Crippen LogP contribution in [0.2, 0.25) is 0 Å². The molecule has 3 amide bonds. The lowest BCUT2D eigenvalue weighted by molar-refractivity contribution is -0.117. The average molecular weight is 334 g/mol. The first-order valence-corrected chi connectivity index (χ1v) is 9.44. The van der Waals surface area contributed by atoms with Crippen LogP contribution in [0.25, 0.3) is 0 Å². The van der Waals surface area contributed by atoms with E-state index in [-0.39, 0.29) is 18.0 Å². The summed E-state index contributed by atoms with van der Waals surface area (Å²) in [5.41, 5.74) is 2.45. The molecule has 2 unspecified atom stereocenters. The van der Waals surface area contributed by atoms with Crippen LogP contribution in [-0.2, 0) is 10.5 Å². The van der Waals surface area contributed by atoms with Crippen LogP contribution >= 0.6 is 11.8 Å². The molecule has 1 aliphatic carbocycles. The van der Waals surface area contributed by atoms with Crippen LogP contribution in [0.5, 0.6) is 0 Å². The standard InChI is InChI=1S/C18H26N2O2S/c1-13-7-3-5-9-15(13)11-23-12-17(21)20-18(22)19-16-10-6-4-8-14(16)2/h3,5,7,9,14,16H,4,6,8,10-12H2,1-2H3,(H2,19,20,21,22). The molecule has 1 saturated carbocycles. The summed E-state index contributed by atoms with van der Waals surface area (Å²) in [4.78, 5) is 23.8. The van der Waals surface area contributed by atoms with Crippen LogP contribution in [-0.4, -0.2) is 23.7 Å². The van der Waals surface area contributed by atoms with E-state index in [1.54, 1.807) is 0 Å². The van der Waals surface area contributed by atoms with Crippen LogP contribution in [0, 0.1) is 12.8 Å². The maximum atomic E-state index is 11.9. The maximum absolute atomic E-state index is 11.9. The summed E-state index contributed by atoms with van der Waals surface area (Å²) in [6.45, 7) is 4.22. The number of amides is 3. The van der Waals surface area contributed by atoms with Gasteiger partial charge in [0.2, 0.25) is 5.91 Å². The number of urea groups is 1. The molecule has 1 aromatic rings. The summed E-state index contributed by atoms with van der Waals surface area (Å²) in [7, 11) is 0. The normalized spacial score (nSPS) is 20.8. The molecule has 2 N–H and O–H groups in total. The van der Waals surface area contributed by atoms with Crippen LogP contribution in [0.3, 0.4) is 0 Å². The number of aryl methyl sites for hydroxylation is 1. The van der Waals surface area contributed by atoms with E-state index in [2.05, 4.69) is 36.6 Å². The Morgan fingerprint density at radius 3 is 2.70 bits per heavy atom. The van der Waals surface area contributed by atoms with Gasteiger partial charge in [-0.2, -0.15) is 0 Å². The Labute approximate surface area is 142 Å². The fourth-order valence-electron chi connectivity index (χ4n) is 2.92. The Hall–Kier alpha value is -1.49. The quantitative estimate of drug-likeness (QED) is 0.864. The van der Waals surface area contributed by atoms with E-state index in [9.17, 15) is 9.59 Å². The zero-order chi connectivity index (χ0) is 16.7. The molecule has 0 saturated heterocycles.